The van der Waals surface area contributed by atoms with Crippen molar-refractivity contribution in [2.24, 2.45) is 0 Å². The van der Waals surface area contributed by atoms with E-state index in [4.69, 9.17) is 27.9 Å². The van der Waals surface area contributed by atoms with Crippen LogP contribution in [0.15, 0.2) is 46.9 Å². The van der Waals surface area contributed by atoms with E-state index >= 15 is 0 Å². The first kappa shape index (κ1) is 14.7. The average Bonchev–Trinajstić information content (AvgIpc) is 2.41. The standard InChI is InChI=1S/C15H13BrCl2O/c1-2-19-14-8-7-10(9-12(14)16)15(18)11-5-3-4-6-13(11)17/h3-9,15H,2H2,1H3. The minimum Gasteiger partial charge on any atom is -0.493 e. The van der Waals surface area contributed by atoms with E-state index in [1.54, 1.807) is 0 Å². The van der Waals surface area contributed by atoms with E-state index in [-0.39, 0.29) is 5.38 Å². The molecule has 2 aromatic carbocycles. The highest BCUT2D eigenvalue weighted by atomic mass is 79.9. The van der Waals surface area contributed by atoms with Crippen molar-refractivity contribution < 1.29 is 4.74 Å². The van der Waals surface area contributed by atoms with E-state index in [1.165, 1.54) is 0 Å². The van der Waals surface area contributed by atoms with Gasteiger partial charge in [-0.05, 0) is 52.2 Å². The predicted octanol–water partition coefficient (Wildman–Crippen LogP) is 5.83. The zero-order valence-electron chi connectivity index (χ0n) is 10.4. The van der Waals surface area contributed by atoms with Crippen molar-refractivity contribution in [1.29, 1.82) is 0 Å². The van der Waals surface area contributed by atoms with Crippen molar-refractivity contribution in [3.63, 3.8) is 0 Å². The van der Waals surface area contributed by atoms with E-state index in [2.05, 4.69) is 15.9 Å². The maximum atomic E-state index is 6.49. The Bertz CT molecular complexity index is 572. The van der Waals surface area contributed by atoms with Crippen molar-refractivity contribution in [3.05, 3.63) is 63.1 Å². The third-order valence-electron chi connectivity index (χ3n) is 2.73. The maximum absolute atomic E-state index is 6.49. The van der Waals surface area contributed by atoms with Gasteiger partial charge in [0.15, 0.2) is 0 Å². The van der Waals surface area contributed by atoms with Crippen LogP contribution in [0.1, 0.15) is 23.4 Å². The molecule has 2 rings (SSSR count). The molecular weight excluding hydrogens is 347 g/mol. The zero-order chi connectivity index (χ0) is 13.8. The Hall–Kier alpha value is -0.700. The fourth-order valence-electron chi connectivity index (χ4n) is 1.81. The first-order chi connectivity index (χ1) is 9.13. The van der Waals surface area contributed by atoms with Crippen LogP contribution < -0.4 is 4.74 Å². The second-order valence-corrected chi connectivity index (χ2v) is 5.70. The molecule has 19 heavy (non-hydrogen) atoms. The summed E-state index contributed by atoms with van der Waals surface area (Å²) < 4.78 is 6.38. The van der Waals surface area contributed by atoms with Gasteiger partial charge < -0.3 is 4.74 Å². The van der Waals surface area contributed by atoms with Crippen molar-refractivity contribution in [2.45, 2.75) is 12.3 Å². The van der Waals surface area contributed by atoms with Crippen LogP contribution in [-0.2, 0) is 0 Å². The molecule has 0 aromatic heterocycles. The smallest absolute Gasteiger partial charge is 0.133 e. The van der Waals surface area contributed by atoms with Gasteiger partial charge in [0.05, 0.1) is 16.5 Å². The summed E-state index contributed by atoms with van der Waals surface area (Å²) in [5.41, 5.74) is 1.88. The Morgan fingerprint density at radius 2 is 1.95 bits per heavy atom. The third-order valence-corrected chi connectivity index (χ3v) is 4.18. The van der Waals surface area contributed by atoms with Gasteiger partial charge in [-0.1, -0.05) is 35.9 Å². The topological polar surface area (TPSA) is 9.23 Å². The number of alkyl halides is 1. The van der Waals surface area contributed by atoms with Crippen LogP contribution in [0.3, 0.4) is 0 Å². The lowest BCUT2D eigenvalue weighted by atomic mass is 10.0. The summed E-state index contributed by atoms with van der Waals surface area (Å²) in [7, 11) is 0. The minimum absolute atomic E-state index is 0.277. The van der Waals surface area contributed by atoms with Crippen LogP contribution in [-0.4, -0.2) is 6.61 Å². The molecule has 2 aromatic rings. The molecule has 0 fully saturated rings. The molecule has 0 bridgehead atoms. The molecule has 0 aliphatic rings. The van der Waals surface area contributed by atoms with Gasteiger partial charge in [-0.25, -0.2) is 0 Å². The van der Waals surface area contributed by atoms with E-state index in [0.29, 0.717) is 11.6 Å². The Morgan fingerprint density at radius 3 is 2.58 bits per heavy atom. The molecule has 0 radical (unpaired) electrons. The van der Waals surface area contributed by atoms with Gasteiger partial charge in [-0.2, -0.15) is 0 Å². The number of hydrogen-bond donors (Lipinski definition) is 0. The largest absolute Gasteiger partial charge is 0.493 e. The minimum atomic E-state index is -0.277. The fraction of sp³-hybridized carbons (Fsp3) is 0.200. The lowest BCUT2D eigenvalue weighted by molar-refractivity contribution is 0.338. The summed E-state index contributed by atoms with van der Waals surface area (Å²) in [6.07, 6.45) is 0. The predicted molar refractivity (Wildman–Crippen MR) is 84.5 cm³/mol. The Morgan fingerprint density at radius 1 is 1.21 bits per heavy atom. The molecule has 0 N–H and O–H groups in total. The monoisotopic (exact) mass is 358 g/mol. The maximum Gasteiger partial charge on any atom is 0.133 e. The highest BCUT2D eigenvalue weighted by molar-refractivity contribution is 9.10. The van der Waals surface area contributed by atoms with Crippen LogP contribution in [0.25, 0.3) is 0 Å². The highest BCUT2D eigenvalue weighted by Crippen LogP contribution is 2.36. The van der Waals surface area contributed by atoms with Crippen molar-refractivity contribution in [2.75, 3.05) is 6.61 Å². The van der Waals surface area contributed by atoms with Crippen molar-refractivity contribution in [1.82, 2.24) is 0 Å². The first-order valence-corrected chi connectivity index (χ1v) is 7.55. The van der Waals surface area contributed by atoms with Gasteiger partial charge in [-0.15, -0.1) is 11.6 Å². The van der Waals surface area contributed by atoms with E-state index in [9.17, 15) is 0 Å². The highest BCUT2D eigenvalue weighted by Gasteiger charge is 2.15. The van der Waals surface area contributed by atoms with Crippen LogP contribution in [0.5, 0.6) is 5.75 Å². The van der Waals surface area contributed by atoms with Gasteiger partial charge in [0.25, 0.3) is 0 Å². The second kappa shape index (κ2) is 6.65. The molecule has 100 valence electrons. The first-order valence-electron chi connectivity index (χ1n) is 5.94. The van der Waals surface area contributed by atoms with Crippen LogP contribution in [0.4, 0.5) is 0 Å². The average molecular weight is 360 g/mol. The normalized spacial score (nSPS) is 12.2. The molecule has 1 atom stereocenters. The van der Waals surface area contributed by atoms with Gasteiger partial charge in [0.1, 0.15) is 5.75 Å². The van der Waals surface area contributed by atoms with Crippen LogP contribution in [0.2, 0.25) is 5.02 Å². The SMILES string of the molecule is CCOc1ccc(C(Cl)c2ccccc2Cl)cc1Br. The lowest BCUT2D eigenvalue weighted by Crippen LogP contribution is -1.97. The molecule has 0 heterocycles. The molecule has 0 saturated carbocycles. The second-order valence-electron chi connectivity index (χ2n) is 4.01. The third kappa shape index (κ3) is 3.44. The fourth-order valence-corrected chi connectivity index (χ4v) is 2.95. The summed E-state index contributed by atoms with van der Waals surface area (Å²) in [6, 6.07) is 13.4. The molecule has 0 aliphatic carbocycles. The van der Waals surface area contributed by atoms with Crippen molar-refractivity contribution >= 4 is 39.1 Å². The molecule has 0 spiro atoms. The molecule has 0 amide bonds. The summed E-state index contributed by atoms with van der Waals surface area (Å²) >= 11 is 16.2. The van der Waals surface area contributed by atoms with Gasteiger partial charge in [-0.3, -0.25) is 0 Å². The Balaban J connectivity index is 2.32. The number of rotatable bonds is 4. The van der Waals surface area contributed by atoms with E-state index in [0.717, 1.165) is 21.3 Å². The van der Waals surface area contributed by atoms with Crippen LogP contribution in [0, 0.1) is 0 Å². The number of halogens is 3. The molecule has 0 saturated heterocycles. The summed E-state index contributed by atoms with van der Waals surface area (Å²) in [4.78, 5) is 0. The summed E-state index contributed by atoms with van der Waals surface area (Å²) in [6.45, 7) is 2.58. The van der Waals surface area contributed by atoms with Crippen molar-refractivity contribution in [3.8, 4) is 5.75 Å². The van der Waals surface area contributed by atoms with Crippen LogP contribution >= 0.6 is 39.1 Å². The summed E-state index contributed by atoms with van der Waals surface area (Å²) in [5.74, 6) is 0.814. The Labute approximate surface area is 131 Å². The molecular formula is C15H13BrCl2O. The quantitative estimate of drug-likeness (QED) is 0.624. The van der Waals surface area contributed by atoms with Gasteiger partial charge in [0.2, 0.25) is 0 Å². The number of ether oxygens (including phenoxy) is 1. The van der Waals surface area contributed by atoms with Gasteiger partial charge >= 0.3 is 0 Å². The molecule has 1 nitrogen and oxygen atoms in total. The van der Waals surface area contributed by atoms with Gasteiger partial charge in [0, 0.05) is 5.02 Å². The van der Waals surface area contributed by atoms with E-state index < -0.39 is 0 Å². The molecule has 0 aliphatic heterocycles. The number of benzene rings is 2. The summed E-state index contributed by atoms with van der Waals surface area (Å²) in [5, 5.41) is 0.396. The lowest BCUT2D eigenvalue weighted by Gasteiger charge is -2.14. The molecule has 1 unspecified atom stereocenters. The van der Waals surface area contributed by atoms with E-state index in [1.807, 2.05) is 49.4 Å². The zero-order valence-corrected chi connectivity index (χ0v) is 13.5. The molecule has 4 heteroatoms. The Kier molecular flexibility index (Phi) is 5.14. The number of hydrogen-bond acceptors (Lipinski definition) is 1.